The average Bonchev–Trinajstić information content (AvgIpc) is 2.30. The highest BCUT2D eigenvalue weighted by Crippen LogP contribution is 2.33. The molecule has 0 spiro atoms. The number of piperidine rings is 2. The number of fused-ring (bicyclic) bond motifs is 2. The third-order valence-electron chi connectivity index (χ3n) is 4.35. The fourth-order valence-corrected chi connectivity index (χ4v) is 3.39. The first-order valence-corrected chi connectivity index (χ1v) is 6.78. The maximum atomic E-state index is 5.66. The first kappa shape index (κ1) is 11.7. The van der Waals surface area contributed by atoms with Crippen LogP contribution in [0.4, 0.5) is 11.6 Å². The topological polar surface area (TPSA) is 67.1 Å². The second-order valence-electron chi connectivity index (χ2n) is 5.55. The average molecular weight is 247 g/mol. The lowest BCUT2D eigenvalue weighted by molar-refractivity contribution is 0.0608. The van der Waals surface area contributed by atoms with E-state index in [2.05, 4.69) is 27.2 Å². The van der Waals surface area contributed by atoms with Crippen molar-refractivity contribution in [1.82, 2.24) is 14.9 Å². The zero-order chi connectivity index (χ0) is 12.5. The molecule has 2 aliphatic rings. The van der Waals surface area contributed by atoms with E-state index in [1.165, 1.54) is 32.1 Å². The van der Waals surface area contributed by atoms with E-state index < -0.39 is 0 Å². The molecule has 0 saturated carbocycles. The Balaban J connectivity index is 1.68. The summed E-state index contributed by atoms with van der Waals surface area (Å²) in [4.78, 5) is 10.9. The van der Waals surface area contributed by atoms with Crippen molar-refractivity contribution < 1.29 is 0 Å². The van der Waals surface area contributed by atoms with Crippen molar-refractivity contribution in [3.05, 3.63) is 12.4 Å². The number of aromatic nitrogens is 2. The smallest absolute Gasteiger partial charge is 0.147 e. The molecule has 98 valence electrons. The highest BCUT2D eigenvalue weighted by molar-refractivity contribution is 5.39. The van der Waals surface area contributed by atoms with Crippen LogP contribution in [0.3, 0.4) is 0 Å². The number of rotatable bonds is 2. The number of nitrogens with two attached hydrogens (primary N) is 1. The minimum atomic E-state index is 0.480. The SMILES string of the molecule is CN1C2CCCC1CC(Nc1cncc(N)n1)C2. The molecule has 2 saturated heterocycles. The van der Waals surface area contributed by atoms with E-state index in [0.717, 1.165) is 17.9 Å². The highest BCUT2D eigenvalue weighted by atomic mass is 15.2. The summed E-state index contributed by atoms with van der Waals surface area (Å²) < 4.78 is 0. The van der Waals surface area contributed by atoms with Crippen LogP contribution in [0.5, 0.6) is 0 Å². The van der Waals surface area contributed by atoms with Crippen molar-refractivity contribution in [1.29, 1.82) is 0 Å². The summed E-state index contributed by atoms with van der Waals surface area (Å²) in [7, 11) is 2.27. The molecule has 2 atom stereocenters. The highest BCUT2D eigenvalue weighted by Gasteiger charge is 2.35. The first-order chi connectivity index (χ1) is 8.72. The molecule has 3 rings (SSSR count). The van der Waals surface area contributed by atoms with Crippen LogP contribution in [-0.4, -0.2) is 40.0 Å². The van der Waals surface area contributed by atoms with E-state index in [9.17, 15) is 0 Å². The molecule has 5 nitrogen and oxygen atoms in total. The molecule has 1 aromatic heterocycles. The number of hydrogen-bond acceptors (Lipinski definition) is 5. The summed E-state index contributed by atoms with van der Waals surface area (Å²) in [6.45, 7) is 0. The Morgan fingerprint density at radius 3 is 2.67 bits per heavy atom. The van der Waals surface area contributed by atoms with E-state index in [-0.39, 0.29) is 0 Å². The molecule has 18 heavy (non-hydrogen) atoms. The molecule has 1 aromatic rings. The fraction of sp³-hybridized carbons (Fsp3) is 0.692. The van der Waals surface area contributed by atoms with Crippen molar-refractivity contribution in [2.45, 2.75) is 50.2 Å². The van der Waals surface area contributed by atoms with E-state index in [1.54, 1.807) is 12.4 Å². The lowest BCUT2D eigenvalue weighted by Crippen LogP contribution is -2.52. The summed E-state index contributed by atoms with van der Waals surface area (Å²) >= 11 is 0. The molecular formula is C13H21N5. The van der Waals surface area contributed by atoms with Crippen LogP contribution in [0.1, 0.15) is 32.1 Å². The maximum Gasteiger partial charge on any atom is 0.147 e. The predicted molar refractivity (Wildman–Crippen MR) is 72.3 cm³/mol. The Morgan fingerprint density at radius 2 is 2.00 bits per heavy atom. The molecule has 5 heteroatoms. The Labute approximate surface area is 108 Å². The molecule has 0 aliphatic carbocycles. The molecule has 0 radical (unpaired) electrons. The molecule has 0 aromatic carbocycles. The summed E-state index contributed by atoms with van der Waals surface area (Å²) in [6.07, 6.45) is 9.76. The second-order valence-corrected chi connectivity index (χ2v) is 5.55. The van der Waals surface area contributed by atoms with Crippen molar-refractivity contribution in [3.63, 3.8) is 0 Å². The van der Waals surface area contributed by atoms with Gasteiger partial charge in [-0.2, -0.15) is 0 Å². The molecule has 2 bridgehead atoms. The monoisotopic (exact) mass is 247 g/mol. The number of nitrogens with zero attached hydrogens (tertiary/aromatic N) is 3. The van der Waals surface area contributed by atoms with E-state index >= 15 is 0 Å². The van der Waals surface area contributed by atoms with Crippen LogP contribution >= 0.6 is 0 Å². The zero-order valence-electron chi connectivity index (χ0n) is 10.8. The van der Waals surface area contributed by atoms with Gasteiger partial charge in [0.15, 0.2) is 0 Å². The number of hydrogen-bond donors (Lipinski definition) is 2. The lowest BCUT2D eigenvalue weighted by Gasteiger charge is -2.47. The number of nitrogen functional groups attached to an aromatic ring is 1. The Morgan fingerprint density at radius 1 is 1.28 bits per heavy atom. The molecule has 2 unspecified atom stereocenters. The predicted octanol–water partition coefficient (Wildman–Crippen LogP) is 1.49. The molecular weight excluding hydrogens is 226 g/mol. The number of anilines is 2. The summed E-state index contributed by atoms with van der Waals surface area (Å²) in [5, 5.41) is 3.49. The van der Waals surface area contributed by atoms with Crippen molar-refractivity contribution in [3.8, 4) is 0 Å². The Hall–Kier alpha value is -1.36. The van der Waals surface area contributed by atoms with Crippen molar-refractivity contribution in [2.24, 2.45) is 0 Å². The van der Waals surface area contributed by atoms with Gasteiger partial charge in [-0.1, -0.05) is 6.42 Å². The normalized spacial score (nSPS) is 32.2. The standard InChI is InChI=1S/C13H21N5/c1-18-10-3-2-4-11(18)6-9(5-10)16-13-8-15-7-12(14)17-13/h7-11H,2-6H2,1H3,(H3,14,16,17). The molecule has 3 heterocycles. The quantitative estimate of drug-likeness (QED) is 0.828. The Bertz CT molecular complexity index is 408. The van der Waals surface area contributed by atoms with Gasteiger partial charge in [0.05, 0.1) is 12.4 Å². The summed E-state index contributed by atoms with van der Waals surface area (Å²) in [5.74, 6) is 1.29. The van der Waals surface area contributed by atoms with Gasteiger partial charge in [0, 0.05) is 18.1 Å². The third-order valence-corrected chi connectivity index (χ3v) is 4.35. The van der Waals surface area contributed by atoms with E-state index in [0.29, 0.717) is 11.9 Å². The molecule has 2 fully saturated rings. The van der Waals surface area contributed by atoms with E-state index in [1.807, 2.05) is 0 Å². The van der Waals surface area contributed by atoms with Gasteiger partial charge in [0.2, 0.25) is 0 Å². The van der Waals surface area contributed by atoms with E-state index in [4.69, 9.17) is 5.73 Å². The van der Waals surface area contributed by atoms with Gasteiger partial charge < -0.3 is 16.0 Å². The summed E-state index contributed by atoms with van der Waals surface area (Å²) in [5.41, 5.74) is 5.66. The minimum Gasteiger partial charge on any atom is -0.382 e. The zero-order valence-corrected chi connectivity index (χ0v) is 10.8. The van der Waals surface area contributed by atoms with Gasteiger partial charge in [0.25, 0.3) is 0 Å². The van der Waals surface area contributed by atoms with Gasteiger partial charge in [-0.3, -0.25) is 4.98 Å². The van der Waals surface area contributed by atoms with Crippen LogP contribution in [0.15, 0.2) is 12.4 Å². The molecule has 0 amide bonds. The fourth-order valence-electron chi connectivity index (χ4n) is 3.39. The third kappa shape index (κ3) is 2.27. The second kappa shape index (κ2) is 4.72. The van der Waals surface area contributed by atoms with Gasteiger partial charge >= 0.3 is 0 Å². The molecule has 3 N–H and O–H groups in total. The Kier molecular flexibility index (Phi) is 3.07. The first-order valence-electron chi connectivity index (χ1n) is 6.78. The largest absolute Gasteiger partial charge is 0.382 e. The van der Waals surface area contributed by atoms with Crippen LogP contribution in [0.2, 0.25) is 0 Å². The van der Waals surface area contributed by atoms with Gasteiger partial charge in [-0.25, -0.2) is 4.98 Å². The molecule has 2 aliphatic heterocycles. The van der Waals surface area contributed by atoms with Crippen LogP contribution in [0, 0.1) is 0 Å². The van der Waals surface area contributed by atoms with Crippen molar-refractivity contribution in [2.75, 3.05) is 18.1 Å². The van der Waals surface area contributed by atoms with Crippen LogP contribution < -0.4 is 11.1 Å². The summed E-state index contributed by atoms with van der Waals surface area (Å²) in [6, 6.07) is 1.96. The van der Waals surface area contributed by atoms with Crippen LogP contribution in [-0.2, 0) is 0 Å². The van der Waals surface area contributed by atoms with Gasteiger partial charge in [-0.15, -0.1) is 0 Å². The van der Waals surface area contributed by atoms with Crippen LogP contribution in [0.25, 0.3) is 0 Å². The lowest BCUT2D eigenvalue weighted by atomic mass is 9.82. The van der Waals surface area contributed by atoms with Crippen molar-refractivity contribution >= 4 is 11.6 Å². The minimum absolute atomic E-state index is 0.480. The van der Waals surface area contributed by atoms with Gasteiger partial charge in [0.1, 0.15) is 11.6 Å². The van der Waals surface area contributed by atoms with Gasteiger partial charge in [-0.05, 0) is 32.7 Å². The number of nitrogens with one attached hydrogen (secondary N) is 1. The maximum absolute atomic E-state index is 5.66.